The average molecular weight is 313 g/mol. The molecule has 0 spiro atoms. The van der Waals surface area contributed by atoms with Gasteiger partial charge in [0.1, 0.15) is 5.82 Å². The predicted molar refractivity (Wildman–Crippen MR) is 77.0 cm³/mol. The first-order chi connectivity index (χ1) is 9.98. The number of hydrogen-bond donors (Lipinski definition) is 0. The molecule has 1 saturated heterocycles. The Morgan fingerprint density at radius 1 is 1.33 bits per heavy atom. The summed E-state index contributed by atoms with van der Waals surface area (Å²) in [4.78, 5) is 0.187. The highest BCUT2D eigenvalue weighted by Crippen LogP contribution is 2.34. The fourth-order valence-electron chi connectivity index (χ4n) is 2.70. The van der Waals surface area contributed by atoms with E-state index in [2.05, 4.69) is 0 Å². The zero-order valence-corrected chi connectivity index (χ0v) is 12.9. The van der Waals surface area contributed by atoms with Crippen LogP contribution in [0.3, 0.4) is 0 Å². The van der Waals surface area contributed by atoms with E-state index < -0.39 is 10.0 Å². The van der Waals surface area contributed by atoms with Crippen molar-refractivity contribution >= 4 is 10.0 Å². The molecule has 3 rings (SSSR count). The Balaban J connectivity index is 1.87. The van der Waals surface area contributed by atoms with Crippen LogP contribution in [0.5, 0.6) is 0 Å². The molecular formula is C15H20FNO3S. The number of rotatable bonds is 5. The molecule has 0 N–H and O–H groups in total. The van der Waals surface area contributed by atoms with Crippen LogP contribution < -0.4 is 0 Å². The lowest BCUT2D eigenvalue weighted by atomic mass is 10.1. The monoisotopic (exact) mass is 313 g/mol. The van der Waals surface area contributed by atoms with Crippen molar-refractivity contribution in [3.63, 3.8) is 0 Å². The third-order valence-corrected chi connectivity index (χ3v) is 6.07. The topological polar surface area (TPSA) is 46.6 Å². The number of ether oxygens (including phenoxy) is 1. The van der Waals surface area contributed by atoms with Crippen molar-refractivity contribution in [2.45, 2.75) is 37.1 Å². The molecule has 1 saturated carbocycles. The fourth-order valence-corrected chi connectivity index (χ4v) is 4.55. The molecule has 1 aromatic rings. The minimum Gasteiger partial charge on any atom is -0.381 e. The van der Waals surface area contributed by atoms with Crippen molar-refractivity contribution in [2.24, 2.45) is 5.92 Å². The zero-order valence-electron chi connectivity index (χ0n) is 12.1. The van der Waals surface area contributed by atoms with Gasteiger partial charge in [0.05, 0.1) is 11.5 Å². The van der Waals surface area contributed by atoms with E-state index in [1.165, 1.54) is 18.2 Å². The first kappa shape index (κ1) is 14.9. The normalized spacial score (nSPS) is 22.9. The number of halogens is 1. The minimum atomic E-state index is -3.55. The molecule has 116 valence electrons. The summed E-state index contributed by atoms with van der Waals surface area (Å²) in [7, 11) is -3.55. The summed E-state index contributed by atoms with van der Waals surface area (Å²) in [5, 5.41) is 0. The van der Waals surface area contributed by atoms with Gasteiger partial charge in [-0.3, -0.25) is 0 Å². The lowest BCUT2D eigenvalue weighted by molar-refractivity contribution is 0.180. The lowest BCUT2D eigenvalue weighted by Gasteiger charge is -2.24. The third kappa shape index (κ3) is 3.12. The van der Waals surface area contributed by atoms with E-state index in [0.29, 0.717) is 25.3 Å². The summed E-state index contributed by atoms with van der Waals surface area (Å²) in [6.45, 7) is 3.42. The van der Waals surface area contributed by atoms with Gasteiger partial charge in [-0.1, -0.05) is 0 Å². The Labute approximate surface area is 125 Å². The molecule has 1 aliphatic heterocycles. The van der Waals surface area contributed by atoms with Gasteiger partial charge in [0.15, 0.2) is 0 Å². The van der Waals surface area contributed by atoms with Crippen molar-refractivity contribution in [3.05, 3.63) is 29.6 Å². The van der Waals surface area contributed by atoms with E-state index in [1.807, 2.05) is 0 Å². The summed E-state index contributed by atoms with van der Waals surface area (Å²) < 4.78 is 46.0. The molecule has 0 unspecified atom stereocenters. The van der Waals surface area contributed by atoms with Crippen molar-refractivity contribution in [1.82, 2.24) is 4.31 Å². The van der Waals surface area contributed by atoms with E-state index in [9.17, 15) is 12.8 Å². The van der Waals surface area contributed by atoms with Gasteiger partial charge in [0.25, 0.3) is 0 Å². The van der Waals surface area contributed by atoms with E-state index in [0.717, 1.165) is 19.3 Å². The molecule has 6 heteroatoms. The summed E-state index contributed by atoms with van der Waals surface area (Å²) >= 11 is 0. The molecule has 0 bridgehead atoms. The first-order valence-corrected chi connectivity index (χ1v) is 8.78. The second-order valence-corrected chi connectivity index (χ2v) is 7.84. The molecule has 1 aliphatic carbocycles. The molecule has 2 aliphatic rings. The van der Waals surface area contributed by atoms with Crippen LogP contribution in [-0.2, 0) is 14.8 Å². The van der Waals surface area contributed by atoms with Gasteiger partial charge < -0.3 is 4.74 Å². The van der Waals surface area contributed by atoms with Gasteiger partial charge in [-0.2, -0.15) is 4.31 Å². The van der Waals surface area contributed by atoms with Gasteiger partial charge in [0, 0.05) is 19.2 Å². The second kappa shape index (κ2) is 5.66. The maximum atomic E-state index is 13.4. The molecule has 1 heterocycles. The van der Waals surface area contributed by atoms with Crippen LogP contribution in [0.1, 0.15) is 24.8 Å². The van der Waals surface area contributed by atoms with Crippen LogP contribution in [0, 0.1) is 18.7 Å². The molecule has 4 nitrogen and oxygen atoms in total. The molecule has 21 heavy (non-hydrogen) atoms. The summed E-state index contributed by atoms with van der Waals surface area (Å²) in [6.07, 6.45) is 2.72. The van der Waals surface area contributed by atoms with Crippen LogP contribution in [0.4, 0.5) is 4.39 Å². The highest BCUT2D eigenvalue weighted by molar-refractivity contribution is 7.89. The Morgan fingerprint density at radius 3 is 2.67 bits per heavy atom. The molecular weight excluding hydrogens is 293 g/mol. The molecule has 0 radical (unpaired) electrons. The summed E-state index contributed by atoms with van der Waals surface area (Å²) in [5.74, 6) is -0.113. The van der Waals surface area contributed by atoms with E-state index in [-0.39, 0.29) is 22.7 Å². The number of sulfonamides is 1. The van der Waals surface area contributed by atoms with Crippen molar-refractivity contribution < 1.29 is 17.5 Å². The van der Waals surface area contributed by atoms with Crippen molar-refractivity contribution in [2.75, 3.05) is 19.8 Å². The molecule has 2 fully saturated rings. The van der Waals surface area contributed by atoms with E-state index in [1.54, 1.807) is 11.2 Å². The number of benzene rings is 1. The van der Waals surface area contributed by atoms with Gasteiger partial charge in [-0.25, -0.2) is 12.8 Å². The summed E-state index contributed by atoms with van der Waals surface area (Å²) in [6, 6.07) is 4.11. The highest BCUT2D eigenvalue weighted by Gasteiger charge is 2.39. The summed E-state index contributed by atoms with van der Waals surface area (Å²) in [5.41, 5.74) is 0.357. The van der Waals surface area contributed by atoms with Gasteiger partial charge in [-0.05, 0) is 55.9 Å². The molecule has 1 atom stereocenters. The van der Waals surface area contributed by atoms with Crippen LogP contribution in [0.15, 0.2) is 23.1 Å². The molecule has 0 aromatic heterocycles. The van der Waals surface area contributed by atoms with Crippen LogP contribution >= 0.6 is 0 Å². The van der Waals surface area contributed by atoms with Gasteiger partial charge in [-0.15, -0.1) is 0 Å². The standard InChI is InChI=1S/C15H20FNO3S/c1-11-8-14(4-5-15(11)16)21(18,19)17(13-2-3-13)9-12-6-7-20-10-12/h4-5,8,12-13H,2-3,6-7,9-10H2,1H3/t12-/m0/s1. The molecule has 0 amide bonds. The highest BCUT2D eigenvalue weighted by atomic mass is 32.2. The average Bonchev–Trinajstić information content (AvgIpc) is 3.15. The van der Waals surface area contributed by atoms with E-state index in [4.69, 9.17) is 4.74 Å². The van der Waals surface area contributed by atoms with Crippen LogP contribution in [-0.4, -0.2) is 38.5 Å². The Hall–Kier alpha value is -0.980. The second-order valence-electron chi connectivity index (χ2n) is 5.95. The van der Waals surface area contributed by atoms with Crippen molar-refractivity contribution in [1.29, 1.82) is 0 Å². The third-order valence-electron chi connectivity index (χ3n) is 4.15. The van der Waals surface area contributed by atoms with Crippen LogP contribution in [0.25, 0.3) is 0 Å². The SMILES string of the molecule is Cc1cc(S(=O)(=O)N(C[C@@H]2CCOC2)C2CC2)ccc1F. The quantitative estimate of drug-likeness (QED) is 0.838. The maximum absolute atomic E-state index is 13.4. The van der Waals surface area contributed by atoms with E-state index >= 15 is 0 Å². The largest absolute Gasteiger partial charge is 0.381 e. The molecule has 1 aromatic carbocycles. The zero-order chi connectivity index (χ0) is 15.0. The Bertz CT molecular complexity index is 622. The number of hydrogen-bond acceptors (Lipinski definition) is 3. The predicted octanol–water partition coefficient (Wildman–Crippen LogP) is 2.32. The van der Waals surface area contributed by atoms with Crippen molar-refractivity contribution in [3.8, 4) is 0 Å². The Morgan fingerprint density at radius 2 is 2.10 bits per heavy atom. The smallest absolute Gasteiger partial charge is 0.243 e. The van der Waals surface area contributed by atoms with Gasteiger partial charge in [0.2, 0.25) is 10.0 Å². The Kier molecular flexibility index (Phi) is 4.03. The number of nitrogens with zero attached hydrogens (tertiary/aromatic N) is 1. The van der Waals surface area contributed by atoms with Gasteiger partial charge >= 0.3 is 0 Å². The van der Waals surface area contributed by atoms with Crippen LogP contribution in [0.2, 0.25) is 0 Å². The number of aryl methyl sites for hydroxylation is 1. The lowest BCUT2D eigenvalue weighted by Crippen LogP contribution is -2.37. The maximum Gasteiger partial charge on any atom is 0.243 e. The first-order valence-electron chi connectivity index (χ1n) is 7.34. The fraction of sp³-hybridized carbons (Fsp3) is 0.600. The minimum absolute atomic E-state index is 0.0981.